The summed E-state index contributed by atoms with van der Waals surface area (Å²) in [5.74, 6) is -1.73. The third kappa shape index (κ3) is 1.54. The van der Waals surface area contributed by atoms with E-state index in [2.05, 4.69) is 5.32 Å². The highest BCUT2D eigenvalue weighted by Crippen LogP contribution is 2.07. The molecule has 1 saturated heterocycles. The maximum atomic E-state index is 10.5. The zero-order valence-corrected chi connectivity index (χ0v) is 5.46. The van der Waals surface area contributed by atoms with Gasteiger partial charge in [-0.3, -0.25) is 4.79 Å². The van der Waals surface area contributed by atoms with Crippen LogP contribution in [0.2, 0.25) is 0 Å². The zero-order valence-electron chi connectivity index (χ0n) is 5.46. The maximum Gasteiger partial charge on any atom is 0.372 e. The maximum absolute atomic E-state index is 10.5. The summed E-state index contributed by atoms with van der Waals surface area (Å²) < 4.78 is 0. The molecule has 1 rings (SSSR count). The topological polar surface area (TPSA) is 66.4 Å². The molecule has 0 saturated carbocycles. The monoisotopic (exact) mass is 143 g/mol. The van der Waals surface area contributed by atoms with Crippen LogP contribution in [-0.4, -0.2) is 29.9 Å². The van der Waals surface area contributed by atoms with E-state index in [1.54, 1.807) is 0 Å². The van der Waals surface area contributed by atoms with Gasteiger partial charge in [-0.15, -0.1) is 0 Å². The predicted octanol–water partition coefficient (Wildman–Crippen LogP) is -0.750. The van der Waals surface area contributed by atoms with Crippen molar-refractivity contribution in [2.75, 3.05) is 13.1 Å². The summed E-state index contributed by atoms with van der Waals surface area (Å²) in [6, 6.07) is 0. The lowest BCUT2D eigenvalue weighted by Crippen LogP contribution is -2.43. The first-order chi connectivity index (χ1) is 4.70. The first kappa shape index (κ1) is 7.21. The van der Waals surface area contributed by atoms with Gasteiger partial charge >= 0.3 is 5.97 Å². The van der Waals surface area contributed by atoms with Crippen LogP contribution in [0.1, 0.15) is 6.42 Å². The molecule has 0 aromatic carbocycles. The fourth-order valence-corrected chi connectivity index (χ4v) is 0.842. The molecule has 0 aromatic rings. The van der Waals surface area contributed by atoms with Crippen molar-refractivity contribution in [3.63, 3.8) is 0 Å². The first-order valence-corrected chi connectivity index (χ1v) is 3.17. The van der Waals surface area contributed by atoms with Crippen molar-refractivity contribution in [1.29, 1.82) is 0 Å². The van der Waals surface area contributed by atoms with Gasteiger partial charge in [0.2, 0.25) is 5.78 Å². The predicted molar refractivity (Wildman–Crippen MR) is 33.6 cm³/mol. The van der Waals surface area contributed by atoms with Crippen molar-refractivity contribution >= 4 is 11.8 Å². The summed E-state index contributed by atoms with van der Waals surface area (Å²) in [6.45, 7) is 1.55. The number of aliphatic carboxylic acids is 1. The van der Waals surface area contributed by atoms with Gasteiger partial charge in [0.1, 0.15) is 0 Å². The van der Waals surface area contributed by atoms with E-state index in [-0.39, 0.29) is 12.3 Å². The molecule has 2 N–H and O–H groups in total. The van der Waals surface area contributed by atoms with Crippen LogP contribution in [-0.2, 0) is 9.59 Å². The molecule has 0 atom stereocenters. The second kappa shape index (κ2) is 2.79. The molecular formula is C6H9NO3. The Morgan fingerprint density at radius 3 is 2.40 bits per heavy atom. The van der Waals surface area contributed by atoms with Crippen LogP contribution in [0.4, 0.5) is 0 Å². The number of hydrogen-bond acceptors (Lipinski definition) is 3. The fraction of sp³-hybridized carbons (Fsp3) is 0.667. The molecule has 4 heteroatoms. The van der Waals surface area contributed by atoms with Gasteiger partial charge in [-0.25, -0.2) is 4.79 Å². The van der Waals surface area contributed by atoms with E-state index in [0.29, 0.717) is 0 Å². The van der Waals surface area contributed by atoms with Crippen LogP contribution in [0.5, 0.6) is 0 Å². The largest absolute Gasteiger partial charge is 0.476 e. The molecule has 56 valence electrons. The van der Waals surface area contributed by atoms with Crippen molar-refractivity contribution in [2.24, 2.45) is 5.92 Å². The normalized spacial score (nSPS) is 18.0. The van der Waals surface area contributed by atoms with E-state index in [9.17, 15) is 9.59 Å². The van der Waals surface area contributed by atoms with Gasteiger partial charge in [-0.1, -0.05) is 0 Å². The highest BCUT2D eigenvalue weighted by Gasteiger charge is 2.23. The molecule has 0 aliphatic carbocycles. The van der Waals surface area contributed by atoms with E-state index >= 15 is 0 Å². The summed E-state index contributed by atoms with van der Waals surface area (Å²) in [5.41, 5.74) is 0. The summed E-state index contributed by atoms with van der Waals surface area (Å²) in [4.78, 5) is 20.5. The highest BCUT2D eigenvalue weighted by molar-refractivity contribution is 6.32. The molecule has 0 amide bonds. The van der Waals surface area contributed by atoms with Crippen LogP contribution in [0, 0.1) is 5.92 Å². The number of carbonyl (C=O) groups is 2. The number of nitrogens with one attached hydrogen (secondary N) is 1. The van der Waals surface area contributed by atoms with Crippen molar-refractivity contribution in [3.05, 3.63) is 0 Å². The molecule has 10 heavy (non-hydrogen) atoms. The van der Waals surface area contributed by atoms with Crippen LogP contribution in [0.25, 0.3) is 0 Å². The molecule has 1 aliphatic heterocycles. The number of rotatable bonds is 3. The molecule has 0 radical (unpaired) electrons. The molecule has 0 aromatic heterocycles. The summed E-state index contributed by atoms with van der Waals surface area (Å²) in [7, 11) is 0. The lowest BCUT2D eigenvalue weighted by Gasteiger charge is -2.25. The van der Waals surface area contributed by atoms with Crippen LogP contribution in [0.15, 0.2) is 0 Å². The Labute approximate surface area is 58.2 Å². The second-order valence-corrected chi connectivity index (χ2v) is 2.46. The van der Waals surface area contributed by atoms with Crippen LogP contribution >= 0.6 is 0 Å². The average Bonchev–Trinajstić information content (AvgIpc) is 1.77. The fourth-order valence-electron chi connectivity index (χ4n) is 0.842. The van der Waals surface area contributed by atoms with Gasteiger partial charge < -0.3 is 10.4 Å². The van der Waals surface area contributed by atoms with Crippen molar-refractivity contribution in [3.8, 4) is 0 Å². The lowest BCUT2D eigenvalue weighted by atomic mass is 9.97. The third-order valence-electron chi connectivity index (χ3n) is 1.58. The standard InChI is InChI=1S/C6H9NO3/c8-5(6(9)10)1-4-2-7-3-4/h4,7H,1-3H2,(H,9,10). The Balaban J connectivity index is 2.23. The number of hydrogen-bond donors (Lipinski definition) is 2. The molecule has 4 nitrogen and oxygen atoms in total. The minimum atomic E-state index is -1.31. The van der Waals surface area contributed by atoms with E-state index in [0.717, 1.165) is 13.1 Å². The lowest BCUT2D eigenvalue weighted by molar-refractivity contribution is -0.149. The van der Waals surface area contributed by atoms with Gasteiger partial charge in [-0.2, -0.15) is 0 Å². The van der Waals surface area contributed by atoms with E-state index < -0.39 is 11.8 Å². The summed E-state index contributed by atoms with van der Waals surface area (Å²) >= 11 is 0. The van der Waals surface area contributed by atoms with Gasteiger partial charge in [0.15, 0.2) is 0 Å². The summed E-state index contributed by atoms with van der Waals surface area (Å²) in [6.07, 6.45) is 0.183. The van der Waals surface area contributed by atoms with Crippen LogP contribution < -0.4 is 5.32 Å². The number of Topliss-reactive ketones (excluding diaryl/α,β-unsaturated/α-hetero) is 1. The molecule has 1 aliphatic rings. The van der Waals surface area contributed by atoms with E-state index in [1.807, 2.05) is 0 Å². The number of carboxylic acids is 1. The van der Waals surface area contributed by atoms with Gasteiger partial charge in [0.25, 0.3) is 0 Å². The van der Waals surface area contributed by atoms with Crippen molar-refractivity contribution in [1.82, 2.24) is 5.32 Å². The summed E-state index contributed by atoms with van der Waals surface area (Å²) in [5, 5.41) is 11.1. The number of carboxylic acid groups (broad SMARTS) is 1. The average molecular weight is 143 g/mol. The Morgan fingerprint density at radius 1 is 1.50 bits per heavy atom. The molecule has 1 fully saturated rings. The Bertz CT molecular complexity index is 162. The van der Waals surface area contributed by atoms with Gasteiger partial charge in [-0.05, 0) is 19.0 Å². The Hall–Kier alpha value is -0.900. The zero-order chi connectivity index (χ0) is 7.56. The second-order valence-electron chi connectivity index (χ2n) is 2.46. The quantitative estimate of drug-likeness (QED) is 0.510. The number of carbonyl (C=O) groups excluding carboxylic acids is 1. The minimum absolute atomic E-state index is 0.183. The highest BCUT2D eigenvalue weighted by atomic mass is 16.4. The van der Waals surface area contributed by atoms with Gasteiger partial charge in [0.05, 0.1) is 0 Å². The van der Waals surface area contributed by atoms with E-state index in [4.69, 9.17) is 5.11 Å². The van der Waals surface area contributed by atoms with Crippen molar-refractivity contribution < 1.29 is 14.7 Å². The molecule has 0 spiro atoms. The first-order valence-electron chi connectivity index (χ1n) is 3.17. The molecular weight excluding hydrogens is 134 g/mol. The smallest absolute Gasteiger partial charge is 0.372 e. The molecule has 1 heterocycles. The minimum Gasteiger partial charge on any atom is -0.476 e. The Morgan fingerprint density at radius 2 is 2.10 bits per heavy atom. The van der Waals surface area contributed by atoms with Gasteiger partial charge in [0, 0.05) is 6.42 Å². The van der Waals surface area contributed by atoms with Crippen LogP contribution in [0.3, 0.4) is 0 Å². The molecule has 0 unspecified atom stereocenters. The third-order valence-corrected chi connectivity index (χ3v) is 1.58. The van der Waals surface area contributed by atoms with E-state index in [1.165, 1.54) is 0 Å². The molecule has 0 bridgehead atoms. The number of ketones is 1. The Kier molecular flexibility index (Phi) is 2.01. The SMILES string of the molecule is O=C(O)C(=O)CC1CNC1. The van der Waals surface area contributed by atoms with Crippen molar-refractivity contribution in [2.45, 2.75) is 6.42 Å².